The van der Waals surface area contributed by atoms with Crippen LogP contribution in [0.25, 0.3) is 0 Å². The Morgan fingerprint density at radius 2 is 1.32 bits per heavy atom. The highest BCUT2D eigenvalue weighted by Gasteiger charge is 2.43. The molecule has 0 saturated carbocycles. The van der Waals surface area contributed by atoms with Gasteiger partial charge in [-0.2, -0.15) is 0 Å². The van der Waals surface area contributed by atoms with Crippen molar-refractivity contribution >= 4 is 41.4 Å². The van der Waals surface area contributed by atoms with Gasteiger partial charge in [0.15, 0.2) is 0 Å². The molecule has 1 aromatic rings. The zero-order chi connectivity index (χ0) is 15.9. The topological polar surface area (TPSA) is 57.7 Å². The van der Waals surface area contributed by atoms with Crippen molar-refractivity contribution in [3.05, 3.63) is 34.1 Å². The van der Waals surface area contributed by atoms with Crippen LogP contribution in [0.2, 0.25) is 0 Å². The molecule has 2 aliphatic rings. The molecule has 3 rings (SSSR count). The number of amides is 4. The molecular formula is C15H14N2O3S2. The number of imide groups is 2. The quantitative estimate of drug-likeness (QED) is 0.615. The molecule has 114 valence electrons. The van der Waals surface area contributed by atoms with E-state index in [0.717, 1.165) is 19.6 Å². The summed E-state index contributed by atoms with van der Waals surface area (Å²) in [6, 6.07) is 7.22. The third-order valence-corrected chi connectivity index (χ3v) is 6.03. The zero-order valence-electron chi connectivity index (χ0n) is 12.2. The predicted octanol–water partition coefficient (Wildman–Crippen LogP) is 2.93. The van der Waals surface area contributed by atoms with Crippen molar-refractivity contribution < 1.29 is 14.4 Å². The van der Waals surface area contributed by atoms with Crippen LogP contribution in [0, 0.1) is 0 Å². The van der Waals surface area contributed by atoms with Crippen LogP contribution in [0.5, 0.6) is 0 Å². The molecule has 4 amide bonds. The summed E-state index contributed by atoms with van der Waals surface area (Å²) in [4.78, 5) is 41.6. The summed E-state index contributed by atoms with van der Waals surface area (Å²) in [5, 5.41) is 0. The van der Waals surface area contributed by atoms with Crippen LogP contribution in [0.4, 0.5) is 4.79 Å². The summed E-state index contributed by atoms with van der Waals surface area (Å²) in [5.74, 6) is -0.991. The molecular weight excluding hydrogens is 320 g/mol. The molecule has 0 radical (unpaired) electrons. The Kier molecular flexibility index (Phi) is 4.01. The molecule has 0 bridgehead atoms. The summed E-state index contributed by atoms with van der Waals surface area (Å²) in [6.45, 7) is 3.96. The monoisotopic (exact) mass is 334 g/mol. The summed E-state index contributed by atoms with van der Waals surface area (Å²) < 4.78 is 0.653. The Morgan fingerprint density at radius 3 is 1.73 bits per heavy atom. The highest BCUT2D eigenvalue weighted by molar-refractivity contribution is 8.24. The van der Waals surface area contributed by atoms with E-state index < -0.39 is 17.8 Å². The lowest BCUT2D eigenvalue weighted by Gasteiger charge is -2.33. The number of rotatable bonds is 2. The van der Waals surface area contributed by atoms with E-state index >= 15 is 0 Å². The molecule has 2 aliphatic heterocycles. The van der Waals surface area contributed by atoms with E-state index in [1.165, 1.54) is 23.5 Å². The van der Waals surface area contributed by atoms with Crippen LogP contribution in [0.1, 0.15) is 13.8 Å². The van der Waals surface area contributed by atoms with E-state index in [1.54, 1.807) is 13.8 Å². The maximum absolute atomic E-state index is 12.6. The van der Waals surface area contributed by atoms with Gasteiger partial charge in [-0.15, -0.1) is 0 Å². The van der Waals surface area contributed by atoms with Crippen LogP contribution in [0.3, 0.4) is 0 Å². The molecule has 5 nitrogen and oxygen atoms in total. The van der Waals surface area contributed by atoms with Gasteiger partial charge >= 0.3 is 6.03 Å². The van der Waals surface area contributed by atoms with Gasteiger partial charge in [-0.3, -0.25) is 19.4 Å². The van der Waals surface area contributed by atoms with Gasteiger partial charge in [-0.1, -0.05) is 35.7 Å². The van der Waals surface area contributed by atoms with Crippen molar-refractivity contribution in [3.8, 4) is 0 Å². The highest BCUT2D eigenvalue weighted by Crippen LogP contribution is 2.52. The first-order chi connectivity index (χ1) is 10.6. The summed E-state index contributed by atoms with van der Waals surface area (Å²) in [7, 11) is 0. The van der Waals surface area contributed by atoms with E-state index in [0.29, 0.717) is 4.24 Å². The lowest BCUT2D eigenvalue weighted by molar-refractivity contribution is -0.135. The second kappa shape index (κ2) is 5.81. The van der Waals surface area contributed by atoms with Crippen LogP contribution in [-0.4, -0.2) is 40.7 Å². The average molecular weight is 334 g/mol. The van der Waals surface area contributed by atoms with Gasteiger partial charge in [-0.25, -0.2) is 4.79 Å². The number of nitrogens with zero attached hydrogens (tertiary/aromatic N) is 2. The minimum Gasteiger partial charge on any atom is -0.268 e. The zero-order valence-corrected chi connectivity index (χ0v) is 13.8. The van der Waals surface area contributed by atoms with Crippen LogP contribution < -0.4 is 0 Å². The maximum atomic E-state index is 12.6. The SMILES string of the molecule is CCN1C(=O)C(=C2Sc3ccccc3S2)C(=O)N(CC)C1=O. The van der Waals surface area contributed by atoms with Crippen molar-refractivity contribution in [2.75, 3.05) is 13.1 Å². The van der Waals surface area contributed by atoms with Crippen molar-refractivity contribution in [2.45, 2.75) is 23.6 Å². The van der Waals surface area contributed by atoms with Gasteiger partial charge in [0.25, 0.3) is 11.8 Å². The van der Waals surface area contributed by atoms with Crippen molar-refractivity contribution in [1.82, 2.24) is 9.80 Å². The molecule has 1 saturated heterocycles. The van der Waals surface area contributed by atoms with Crippen molar-refractivity contribution in [3.63, 3.8) is 0 Å². The van der Waals surface area contributed by atoms with Gasteiger partial charge < -0.3 is 0 Å². The van der Waals surface area contributed by atoms with Crippen LogP contribution in [-0.2, 0) is 9.59 Å². The molecule has 0 atom stereocenters. The smallest absolute Gasteiger partial charge is 0.268 e. The van der Waals surface area contributed by atoms with E-state index in [9.17, 15) is 14.4 Å². The molecule has 0 aromatic heterocycles. The molecule has 2 heterocycles. The molecule has 0 N–H and O–H groups in total. The first-order valence-electron chi connectivity index (χ1n) is 6.95. The molecule has 0 spiro atoms. The van der Waals surface area contributed by atoms with E-state index in [-0.39, 0.29) is 18.7 Å². The molecule has 22 heavy (non-hydrogen) atoms. The second-order valence-corrected chi connectivity index (χ2v) is 7.06. The number of fused-ring (bicyclic) bond motifs is 1. The Balaban J connectivity index is 2.06. The number of carbonyl (C=O) groups excluding carboxylic acids is 3. The van der Waals surface area contributed by atoms with Gasteiger partial charge in [0.1, 0.15) is 5.57 Å². The first kappa shape index (κ1) is 15.2. The Hall–Kier alpha value is -1.73. The third-order valence-electron chi connectivity index (χ3n) is 3.47. The Bertz CT molecular complexity index is 659. The van der Waals surface area contributed by atoms with Crippen LogP contribution >= 0.6 is 23.5 Å². The number of urea groups is 1. The highest BCUT2D eigenvalue weighted by atomic mass is 32.2. The molecule has 1 fully saturated rings. The summed E-state index contributed by atoms with van der Waals surface area (Å²) in [6.07, 6.45) is 0. The number of likely N-dealkylation sites (N-methyl/N-ethyl adjacent to an activating group) is 2. The molecule has 1 aromatic carbocycles. The normalized spacial score (nSPS) is 18.4. The number of barbiturate groups is 1. The van der Waals surface area contributed by atoms with Gasteiger partial charge in [0.2, 0.25) is 0 Å². The maximum Gasteiger partial charge on any atom is 0.333 e. The minimum absolute atomic E-state index is 0.106. The number of hydrogen-bond acceptors (Lipinski definition) is 5. The summed E-state index contributed by atoms with van der Waals surface area (Å²) >= 11 is 2.83. The van der Waals surface area contributed by atoms with Gasteiger partial charge in [0, 0.05) is 22.9 Å². The van der Waals surface area contributed by atoms with Crippen molar-refractivity contribution in [1.29, 1.82) is 0 Å². The largest absolute Gasteiger partial charge is 0.333 e. The lowest BCUT2D eigenvalue weighted by atomic mass is 10.2. The predicted molar refractivity (Wildman–Crippen MR) is 85.4 cm³/mol. The molecule has 0 unspecified atom stereocenters. The van der Waals surface area contributed by atoms with Crippen molar-refractivity contribution in [2.24, 2.45) is 0 Å². The second-order valence-electron chi connectivity index (χ2n) is 4.69. The van der Waals surface area contributed by atoms with E-state index in [4.69, 9.17) is 0 Å². The average Bonchev–Trinajstić information content (AvgIpc) is 2.91. The molecule has 7 heteroatoms. The fourth-order valence-corrected chi connectivity index (χ4v) is 4.89. The van der Waals surface area contributed by atoms with Crippen LogP contribution in [0.15, 0.2) is 43.9 Å². The Morgan fingerprint density at radius 1 is 0.864 bits per heavy atom. The lowest BCUT2D eigenvalue weighted by Crippen LogP contribution is -2.56. The standard InChI is InChI=1S/C15H14N2O3S2/c1-3-16-12(18)11(13(19)17(4-2)15(16)20)14-21-9-7-5-6-8-10(9)22-14/h5-8H,3-4H2,1-2H3. The first-order valence-corrected chi connectivity index (χ1v) is 8.58. The fraction of sp³-hybridized carbons (Fsp3) is 0.267. The third kappa shape index (κ3) is 2.24. The fourth-order valence-electron chi connectivity index (χ4n) is 2.35. The number of hydrogen-bond donors (Lipinski definition) is 0. The van der Waals surface area contributed by atoms with E-state index in [1.807, 2.05) is 24.3 Å². The minimum atomic E-state index is -0.533. The number of thioether (sulfide) groups is 2. The van der Waals surface area contributed by atoms with E-state index in [2.05, 4.69) is 0 Å². The molecule has 0 aliphatic carbocycles. The number of benzene rings is 1. The van der Waals surface area contributed by atoms with Gasteiger partial charge in [-0.05, 0) is 26.0 Å². The van der Waals surface area contributed by atoms with Gasteiger partial charge in [0.05, 0.1) is 4.24 Å². The number of carbonyl (C=O) groups is 3. The Labute approximate surface area is 136 Å². The summed E-state index contributed by atoms with van der Waals surface area (Å²) in [5.41, 5.74) is 0.106.